The van der Waals surface area contributed by atoms with Crippen LogP contribution in [-0.4, -0.2) is 21.7 Å². The van der Waals surface area contributed by atoms with Gasteiger partial charge >= 0.3 is 0 Å². The number of rotatable bonds is 2. The normalized spacial score (nSPS) is 11.0. The molecular formula is C18H10Br2N4O2. The largest absolute Gasteiger partial charge is 0.497 e. The third kappa shape index (κ3) is 2.52. The first kappa shape index (κ1) is 16.8. The number of hydrogen-bond donors (Lipinski definition) is 1. The highest BCUT2D eigenvalue weighted by molar-refractivity contribution is 9.11. The summed E-state index contributed by atoms with van der Waals surface area (Å²) in [4.78, 5) is 17.5. The van der Waals surface area contributed by atoms with Crippen molar-refractivity contribution < 1.29 is 4.74 Å². The van der Waals surface area contributed by atoms with Crippen LogP contribution < -0.4 is 10.3 Å². The summed E-state index contributed by atoms with van der Waals surface area (Å²) in [6.45, 7) is 0. The number of aromatic amines is 1. The Bertz CT molecular complexity index is 1270. The summed E-state index contributed by atoms with van der Waals surface area (Å²) in [6, 6.07) is 12.9. The van der Waals surface area contributed by atoms with Crippen LogP contribution in [0, 0.1) is 11.3 Å². The molecule has 0 aliphatic heterocycles. The van der Waals surface area contributed by atoms with Crippen molar-refractivity contribution >= 4 is 48.4 Å². The molecule has 0 atom stereocenters. The Balaban J connectivity index is 2.09. The van der Waals surface area contributed by atoms with Gasteiger partial charge in [0.15, 0.2) is 5.65 Å². The maximum absolute atomic E-state index is 12.9. The van der Waals surface area contributed by atoms with Gasteiger partial charge in [0.25, 0.3) is 5.56 Å². The molecule has 2 aromatic carbocycles. The van der Waals surface area contributed by atoms with E-state index in [1.165, 1.54) is 4.52 Å². The van der Waals surface area contributed by atoms with Gasteiger partial charge in [-0.3, -0.25) is 9.89 Å². The Morgan fingerprint density at radius 3 is 2.62 bits per heavy atom. The molecule has 0 radical (unpaired) electrons. The molecule has 0 bridgehead atoms. The van der Waals surface area contributed by atoms with E-state index in [-0.39, 0.29) is 5.56 Å². The van der Waals surface area contributed by atoms with Gasteiger partial charge in [-0.05, 0) is 52.3 Å². The van der Waals surface area contributed by atoms with Gasteiger partial charge in [-0.25, -0.2) is 4.98 Å². The van der Waals surface area contributed by atoms with E-state index in [9.17, 15) is 10.1 Å². The summed E-state index contributed by atoms with van der Waals surface area (Å²) in [6.07, 6.45) is 0. The van der Waals surface area contributed by atoms with Crippen molar-refractivity contribution in [2.45, 2.75) is 0 Å². The minimum Gasteiger partial charge on any atom is -0.497 e. The van der Waals surface area contributed by atoms with Crippen LogP contribution in [0.4, 0.5) is 0 Å². The number of ether oxygens (including phenoxy) is 1. The minimum absolute atomic E-state index is 0.275. The van der Waals surface area contributed by atoms with Gasteiger partial charge in [0.1, 0.15) is 17.4 Å². The van der Waals surface area contributed by atoms with Crippen molar-refractivity contribution in [3.8, 4) is 23.1 Å². The molecule has 0 saturated heterocycles. The van der Waals surface area contributed by atoms with Crippen molar-refractivity contribution in [2.24, 2.45) is 0 Å². The van der Waals surface area contributed by atoms with Crippen molar-refractivity contribution in [1.82, 2.24) is 14.6 Å². The van der Waals surface area contributed by atoms with Crippen LogP contribution in [-0.2, 0) is 0 Å². The zero-order valence-corrected chi connectivity index (χ0v) is 16.6. The summed E-state index contributed by atoms with van der Waals surface area (Å²) < 4.78 is 7.91. The quantitative estimate of drug-likeness (QED) is 0.471. The Hall–Kier alpha value is -2.63. The summed E-state index contributed by atoms with van der Waals surface area (Å²) >= 11 is 6.82. The van der Waals surface area contributed by atoms with Gasteiger partial charge < -0.3 is 4.74 Å². The molecule has 0 spiro atoms. The fourth-order valence-electron chi connectivity index (χ4n) is 2.84. The van der Waals surface area contributed by atoms with Crippen LogP contribution in [0.15, 0.2) is 50.1 Å². The molecule has 26 heavy (non-hydrogen) atoms. The minimum atomic E-state index is -0.275. The van der Waals surface area contributed by atoms with E-state index in [1.807, 2.05) is 18.2 Å². The number of H-pyrrole nitrogens is 1. The Morgan fingerprint density at radius 1 is 1.23 bits per heavy atom. The van der Waals surface area contributed by atoms with E-state index >= 15 is 0 Å². The van der Waals surface area contributed by atoms with E-state index in [0.717, 1.165) is 10.0 Å². The number of methoxy groups -OCH3 is 1. The summed E-state index contributed by atoms with van der Waals surface area (Å²) in [5.41, 5.74) is 2.13. The fraction of sp³-hybridized carbons (Fsp3) is 0.0556. The van der Waals surface area contributed by atoms with Crippen LogP contribution in [0.2, 0.25) is 0 Å². The van der Waals surface area contributed by atoms with E-state index < -0.39 is 0 Å². The maximum atomic E-state index is 12.9. The third-order valence-electron chi connectivity index (χ3n) is 4.08. The first-order valence-electron chi connectivity index (χ1n) is 7.51. The molecule has 1 N–H and O–H groups in total. The molecule has 2 heterocycles. The topological polar surface area (TPSA) is 83.2 Å². The highest BCUT2D eigenvalue weighted by Gasteiger charge is 2.18. The number of nitrogens with one attached hydrogen (secondary N) is 1. The molecule has 128 valence electrons. The number of halogens is 2. The molecule has 4 aromatic rings. The Labute approximate surface area is 164 Å². The van der Waals surface area contributed by atoms with Gasteiger partial charge in [-0.2, -0.15) is 9.78 Å². The average molecular weight is 474 g/mol. The monoisotopic (exact) mass is 472 g/mol. The molecular weight excluding hydrogens is 464 g/mol. The number of nitrogens with zero attached hydrogens (tertiary/aromatic N) is 3. The molecule has 0 amide bonds. The lowest BCUT2D eigenvalue weighted by Gasteiger charge is -2.02. The van der Waals surface area contributed by atoms with Gasteiger partial charge in [0.2, 0.25) is 0 Å². The number of aromatic nitrogens is 3. The van der Waals surface area contributed by atoms with E-state index in [0.29, 0.717) is 38.0 Å². The lowest BCUT2D eigenvalue weighted by atomic mass is 10.1. The predicted molar refractivity (Wildman–Crippen MR) is 105 cm³/mol. The molecule has 0 unspecified atom stereocenters. The highest BCUT2D eigenvalue weighted by Crippen LogP contribution is 2.29. The van der Waals surface area contributed by atoms with Crippen LogP contribution in [0.25, 0.3) is 27.8 Å². The Morgan fingerprint density at radius 2 is 1.96 bits per heavy atom. The lowest BCUT2D eigenvalue weighted by Crippen LogP contribution is -2.15. The van der Waals surface area contributed by atoms with E-state index in [2.05, 4.69) is 48.0 Å². The van der Waals surface area contributed by atoms with Crippen LogP contribution in [0.3, 0.4) is 0 Å². The highest BCUT2D eigenvalue weighted by atomic mass is 79.9. The van der Waals surface area contributed by atoms with E-state index in [4.69, 9.17) is 4.74 Å². The molecule has 0 aliphatic carbocycles. The zero-order chi connectivity index (χ0) is 18.4. The zero-order valence-electron chi connectivity index (χ0n) is 13.4. The van der Waals surface area contributed by atoms with Crippen LogP contribution >= 0.6 is 31.9 Å². The number of nitriles is 1. The second kappa shape index (κ2) is 6.27. The lowest BCUT2D eigenvalue weighted by molar-refractivity contribution is 0.415. The number of hydrogen-bond acceptors (Lipinski definition) is 4. The van der Waals surface area contributed by atoms with E-state index in [1.54, 1.807) is 25.3 Å². The molecule has 0 saturated carbocycles. The first-order chi connectivity index (χ1) is 12.5. The summed E-state index contributed by atoms with van der Waals surface area (Å²) in [7, 11) is 1.59. The summed E-state index contributed by atoms with van der Waals surface area (Å²) in [5.74, 6) is 0.707. The maximum Gasteiger partial charge on any atom is 0.280 e. The fourth-order valence-corrected chi connectivity index (χ4v) is 4.15. The molecule has 8 heteroatoms. The van der Waals surface area contributed by atoms with Crippen LogP contribution in [0.1, 0.15) is 5.56 Å². The molecule has 4 rings (SSSR count). The second-order valence-electron chi connectivity index (χ2n) is 5.56. The van der Waals surface area contributed by atoms with Crippen molar-refractivity contribution in [3.05, 3.63) is 61.3 Å². The van der Waals surface area contributed by atoms with Gasteiger partial charge in [0, 0.05) is 14.5 Å². The number of benzene rings is 2. The van der Waals surface area contributed by atoms with Crippen molar-refractivity contribution in [3.63, 3.8) is 0 Å². The standard InChI is InChI=1S/C18H10Br2N4O2/c1-26-11-4-2-9(3-5-11)15-13(8-21)17-22-16-12(18(25)24(17)23-15)6-10(19)7-14(16)20/h2-7,23H,1H3. The van der Waals surface area contributed by atoms with Crippen molar-refractivity contribution in [2.75, 3.05) is 7.11 Å². The molecule has 0 fully saturated rings. The molecule has 2 aromatic heterocycles. The number of fused-ring (bicyclic) bond motifs is 2. The van der Waals surface area contributed by atoms with Gasteiger partial charge in [0.05, 0.1) is 23.7 Å². The van der Waals surface area contributed by atoms with Crippen LogP contribution in [0.5, 0.6) is 5.75 Å². The van der Waals surface area contributed by atoms with Gasteiger partial charge in [-0.1, -0.05) is 15.9 Å². The average Bonchev–Trinajstić information content (AvgIpc) is 3.02. The smallest absolute Gasteiger partial charge is 0.280 e. The second-order valence-corrected chi connectivity index (χ2v) is 7.33. The van der Waals surface area contributed by atoms with Crippen molar-refractivity contribution in [1.29, 1.82) is 5.26 Å². The Kier molecular flexibility index (Phi) is 4.05. The van der Waals surface area contributed by atoms with Gasteiger partial charge in [-0.15, -0.1) is 0 Å². The summed E-state index contributed by atoms with van der Waals surface area (Å²) in [5, 5.41) is 13.1. The predicted octanol–water partition coefficient (Wildman–Crippen LogP) is 4.25. The SMILES string of the molecule is COc1ccc(-c2[nH]n3c(=O)c4cc(Br)cc(Br)c4nc3c2C#N)cc1. The first-order valence-corrected chi connectivity index (χ1v) is 9.10. The molecule has 0 aliphatic rings. The molecule has 6 nitrogen and oxygen atoms in total. The third-order valence-corrected chi connectivity index (χ3v) is 5.14.